The van der Waals surface area contributed by atoms with Gasteiger partial charge in [0.1, 0.15) is 18.1 Å². The van der Waals surface area contributed by atoms with E-state index in [0.717, 1.165) is 11.3 Å². The minimum absolute atomic E-state index is 0.136. The van der Waals surface area contributed by atoms with Crippen molar-refractivity contribution in [1.82, 2.24) is 14.7 Å². The van der Waals surface area contributed by atoms with Crippen LogP contribution in [0.15, 0.2) is 65.5 Å². The van der Waals surface area contributed by atoms with E-state index < -0.39 is 0 Å². The van der Waals surface area contributed by atoms with Gasteiger partial charge in [-0.3, -0.25) is 9.59 Å². The summed E-state index contributed by atoms with van der Waals surface area (Å²) in [6.45, 7) is 1.84. The Balaban J connectivity index is 1.43. The van der Waals surface area contributed by atoms with Crippen molar-refractivity contribution in [3.05, 3.63) is 76.8 Å². The molecule has 8 heteroatoms. The number of para-hydroxylation sites is 1. The second kappa shape index (κ2) is 8.99. The molecule has 1 fully saturated rings. The van der Waals surface area contributed by atoms with E-state index in [9.17, 15) is 14.0 Å². The number of carbonyl (C=O) groups is 1. The second-order valence-corrected chi connectivity index (χ2v) is 7.26. The zero-order valence-electron chi connectivity index (χ0n) is 17.2. The zero-order chi connectivity index (χ0) is 21.8. The first kappa shape index (κ1) is 20.6. The van der Waals surface area contributed by atoms with Crippen molar-refractivity contribution >= 4 is 11.6 Å². The third-order valence-corrected chi connectivity index (χ3v) is 5.36. The van der Waals surface area contributed by atoms with E-state index in [1.807, 2.05) is 29.2 Å². The van der Waals surface area contributed by atoms with Crippen LogP contribution < -0.4 is 15.2 Å². The van der Waals surface area contributed by atoms with Gasteiger partial charge in [0.05, 0.1) is 18.5 Å². The molecule has 1 aliphatic heterocycles. The van der Waals surface area contributed by atoms with Crippen LogP contribution in [0.1, 0.15) is 0 Å². The highest BCUT2D eigenvalue weighted by atomic mass is 19.1. The average Bonchev–Trinajstić information content (AvgIpc) is 2.81. The number of nitrogens with zero attached hydrogens (tertiary/aromatic N) is 4. The van der Waals surface area contributed by atoms with E-state index in [1.54, 1.807) is 36.3 Å². The van der Waals surface area contributed by atoms with Crippen molar-refractivity contribution in [3.8, 4) is 17.0 Å². The molecule has 1 amide bonds. The van der Waals surface area contributed by atoms with Crippen molar-refractivity contribution in [2.24, 2.45) is 0 Å². The Morgan fingerprint density at radius 2 is 1.71 bits per heavy atom. The standard InChI is InChI=1S/C23H23FN4O3/c1-31-18-8-6-17(7-9-18)20-10-11-22(29)28(25-20)16-23(30)27-14-12-26(13-15-27)21-5-3-2-4-19(21)24/h2-11H,12-16H2,1H3. The zero-order valence-corrected chi connectivity index (χ0v) is 17.2. The number of benzene rings is 2. The molecular weight excluding hydrogens is 399 g/mol. The maximum absolute atomic E-state index is 14.0. The largest absolute Gasteiger partial charge is 0.497 e. The first-order valence-corrected chi connectivity index (χ1v) is 10.0. The van der Waals surface area contributed by atoms with Crippen molar-refractivity contribution in [3.63, 3.8) is 0 Å². The number of rotatable bonds is 5. The van der Waals surface area contributed by atoms with Crippen molar-refractivity contribution < 1.29 is 13.9 Å². The van der Waals surface area contributed by atoms with E-state index in [4.69, 9.17) is 4.74 Å². The van der Waals surface area contributed by atoms with Crippen LogP contribution in [-0.2, 0) is 11.3 Å². The number of hydrogen-bond acceptors (Lipinski definition) is 5. The maximum Gasteiger partial charge on any atom is 0.267 e. The van der Waals surface area contributed by atoms with Gasteiger partial charge in [-0.1, -0.05) is 12.1 Å². The topological polar surface area (TPSA) is 67.7 Å². The van der Waals surface area contributed by atoms with Gasteiger partial charge in [0.25, 0.3) is 5.56 Å². The summed E-state index contributed by atoms with van der Waals surface area (Å²) in [5, 5.41) is 4.36. The molecule has 160 valence electrons. The summed E-state index contributed by atoms with van der Waals surface area (Å²) in [5.74, 6) is 0.268. The predicted molar refractivity (Wildman–Crippen MR) is 116 cm³/mol. The Bertz CT molecular complexity index is 1120. The number of aromatic nitrogens is 2. The second-order valence-electron chi connectivity index (χ2n) is 7.26. The Morgan fingerprint density at radius 3 is 2.39 bits per heavy atom. The number of hydrogen-bond donors (Lipinski definition) is 0. The van der Waals surface area contributed by atoms with Gasteiger partial charge in [-0.05, 0) is 42.5 Å². The number of carbonyl (C=O) groups excluding carboxylic acids is 1. The normalized spacial score (nSPS) is 13.9. The van der Waals surface area contributed by atoms with E-state index in [-0.39, 0.29) is 23.8 Å². The van der Waals surface area contributed by atoms with Crippen LogP contribution in [-0.4, -0.2) is 53.9 Å². The lowest BCUT2D eigenvalue weighted by atomic mass is 10.1. The molecule has 0 spiro atoms. The molecule has 7 nitrogen and oxygen atoms in total. The van der Waals surface area contributed by atoms with Crippen LogP contribution in [0.2, 0.25) is 0 Å². The Labute approximate surface area is 179 Å². The lowest BCUT2D eigenvalue weighted by Crippen LogP contribution is -2.50. The summed E-state index contributed by atoms with van der Waals surface area (Å²) >= 11 is 0. The summed E-state index contributed by atoms with van der Waals surface area (Å²) < 4.78 is 20.4. The van der Waals surface area contributed by atoms with Gasteiger partial charge in [-0.2, -0.15) is 5.10 Å². The molecule has 0 N–H and O–H groups in total. The SMILES string of the molecule is COc1ccc(-c2ccc(=O)n(CC(=O)N3CCN(c4ccccc4F)CC3)n2)cc1. The molecule has 31 heavy (non-hydrogen) atoms. The fourth-order valence-electron chi connectivity index (χ4n) is 3.61. The highest BCUT2D eigenvalue weighted by Crippen LogP contribution is 2.21. The molecule has 3 aromatic rings. The fourth-order valence-corrected chi connectivity index (χ4v) is 3.61. The molecular formula is C23H23FN4O3. The molecule has 1 saturated heterocycles. The van der Waals surface area contributed by atoms with Crippen molar-refractivity contribution in [2.45, 2.75) is 6.54 Å². The number of anilines is 1. The van der Waals surface area contributed by atoms with Crippen LogP contribution in [0.3, 0.4) is 0 Å². The smallest absolute Gasteiger partial charge is 0.267 e. The number of methoxy groups -OCH3 is 1. The third kappa shape index (κ3) is 4.58. The van der Waals surface area contributed by atoms with E-state index in [2.05, 4.69) is 5.10 Å². The quantitative estimate of drug-likeness (QED) is 0.632. The summed E-state index contributed by atoms with van der Waals surface area (Å²) in [6, 6.07) is 17.0. The van der Waals surface area contributed by atoms with Crippen LogP contribution in [0.25, 0.3) is 11.3 Å². The molecule has 2 aromatic carbocycles. The number of halogens is 1. The Kier molecular flexibility index (Phi) is 5.97. The van der Waals surface area contributed by atoms with Crippen molar-refractivity contribution in [1.29, 1.82) is 0 Å². The predicted octanol–water partition coefficient (Wildman–Crippen LogP) is 2.41. The maximum atomic E-state index is 14.0. The molecule has 0 saturated carbocycles. The number of ether oxygens (including phenoxy) is 1. The molecule has 0 bridgehead atoms. The van der Waals surface area contributed by atoms with Gasteiger partial charge >= 0.3 is 0 Å². The third-order valence-electron chi connectivity index (χ3n) is 5.36. The summed E-state index contributed by atoms with van der Waals surface area (Å²) in [5.41, 5.74) is 1.62. The van der Waals surface area contributed by atoms with E-state index >= 15 is 0 Å². The molecule has 2 heterocycles. The Hall–Kier alpha value is -3.68. The van der Waals surface area contributed by atoms with E-state index in [1.165, 1.54) is 16.8 Å². The molecule has 1 aromatic heterocycles. The minimum Gasteiger partial charge on any atom is -0.497 e. The first-order valence-electron chi connectivity index (χ1n) is 10.0. The summed E-state index contributed by atoms with van der Waals surface area (Å²) in [4.78, 5) is 28.6. The van der Waals surface area contributed by atoms with Gasteiger partial charge < -0.3 is 14.5 Å². The highest BCUT2D eigenvalue weighted by molar-refractivity contribution is 5.76. The lowest BCUT2D eigenvalue weighted by Gasteiger charge is -2.36. The highest BCUT2D eigenvalue weighted by Gasteiger charge is 2.23. The molecule has 0 unspecified atom stereocenters. The van der Waals surface area contributed by atoms with Crippen LogP contribution in [0.5, 0.6) is 5.75 Å². The Morgan fingerprint density at radius 1 is 1.00 bits per heavy atom. The van der Waals surface area contributed by atoms with E-state index in [0.29, 0.717) is 37.6 Å². The van der Waals surface area contributed by atoms with Gasteiger partial charge in [-0.25, -0.2) is 9.07 Å². The lowest BCUT2D eigenvalue weighted by molar-refractivity contribution is -0.132. The van der Waals surface area contributed by atoms with Gasteiger partial charge in [0.15, 0.2) is 0 Å². The number of piperazine rings is 1. The number of amides is 1. The van der Waals surface area contributed by atoms with Gasteiger partial charge in [-0.15, -0.1) is 0 Å². The monoisotopic (exact) mass is 422 g/mol. The van der Waals surface area contributed by atoms with Gasteiger partial charge in [0, 0.05) is 37.8 Å². The van der Waals surface area contributed by atoms with Crippen molar-refractivity contribution in [2.75, 3.05) is 38.2 Å². The average molecular weight is 422 g/mol. The molecule has 0 atom stereocenters. The molecule has 0 radical (unpaired) electrons. The summed E-state index contributed by atoms with van der Waals surface area (Å²) in [7, 11) is 1.59. The van der Waals surface area contributed by atoms with Crippen LogP contribution in [0.4, 0.5) is 10.1 Å². The molecule has 4 rings (SSSR count). The minimum atomic E-state index is -0.337. The van der Waals surface area contributed by atoms with Crippen LogP contribution >= 0.6 is 0 Å². The fraction of sp³-hybridized carbons (Fsp3) is 0.261. The summed E-state index contributed by atoms with van der Waals surface area (Å²) in [6.07, 6.45) is 0. The molecule has 0 aliphatic carbocycles. The first-order chi connectivity index (χ1) is 15.0. The van der Waals surface area contributed by atoms with Gasteiger partial charge in [0.2, 0.25) is 5.91 Å². The van der Waals surface area contributed by atoms with Crippen LogP contribution in [0, 0.1) is 5.82 Å². The molecule has 1 aliphatic rings.